The molecule has 0 aliphatic heterocycles. The molecule has 0 spiro atoms. The summed E-state index contributed by atoms with van der Waals surface area (Å²) in [4.78, 5) is 8.22. The third-order valence-corrected chi connectivity index (χ3v) is 3.03. The number of fused-ring (bicyclic) bond motifs is 1. The highest BCUT2D eigenvalue weighted by Crippen LogP contribution is 2.25. The number of hydrogen-bond acceptors (Lipinski definition) is 5. The van der Waals surface area contributed by atoms with Crippen molar-refractivity contribution < 1.29 is 5.11 Å². The van der Waals surface area contributed by atoms with Crippen LogP contribution in [0.3, 0.4) is 0 Å². The Hall–Kier alpha value is -2.15. The topological polar surface area (TPSA) is 89.8 Å². The average Bonchev–Trinajstić information content (AvgIpc) is 2.67. The van der Waals surface area contributed by atoms with Crippen LogP contribution in [0.15, 0.2) is 35.2 Å². The van der Waals surface area contributed by atoms with E-state index in [4.69, 9.17) is 5.73 Å². The standard InChI is InChI=1S/C11H8BrN5O/c12-10-15-11(13)16-17(10)9-8-5-7(18)2-1-6(8)3-4-14-9/h1-5,18H,(H2,13,16). The zero-order chi connectivity index (χ0) is 12.7. The van der Waals surface area contributed by atoms with Crippen molar-refractivity contribution in [1.29, 1.82) is 0 Å². The van der Waals surface area contributed by atoms with Gasteiger partial charge >= 0.3 is 0 Å². The monoisotopic (exact) mass is 305 g/mol. The Morgan fingerprint density at radius 1 is 1.28 bits per heavy atom. The van der Waals surface area contributed by atoms with Crippen molar-refractivity contribution in [3.05, 3.63) is 35.2 Å². The zero-order valence-electron chi connectivity index (χ0n) is 9.08. The van der Waals surface area contributed by atoms with Gasteiger partial charge in [-0.05, 0) is 39.5 Å². The number of phenolic OH excluding ortho intramolecular Hbond substituents is 1. The SMILES string of the molecule is Nc1nc(Br)n(-c2nccc3ccc(O)cc23)n1. The number of nitrogen functional groups attached to an aromatic ring is 1. The first-order valence-corrected chi connectivity index (χ1v) is 5.90. The summed E-state index contributed by atoms with van der Waals surface area (Å²) in [6.45, 7) is 0. The highest BCUT2D eigenvalue weighted by molar-refractivity contribution is 9.10. The van der Waals surface area contributed by atoms with Crippen LogP contribution in [0.5, 0.6) is 5.75 Å². The molecule has 2 heterocycles. The van der Waals surface area contributed by atoms with Gasteiger partial charge in [0.1, 0.15) is 5.75 Å². The second-order valence-corrected chi connectivity index (χ2v) is 4.40. The third kappa shape index (κ3) is 1.68. The molecule has 0 fully saturated rings. The minimum Gasteiger partial charge on any atom is -0.508 e. The fraction of sp³-hybridized carbons (Fsp3) is 0. The first kappa shape index (κ1) is 11.0. The predicted octanol–water partition coefficient (Wildman–Crippen LogP) is 1.87. The number of halogens is 1. The lowest BCUT2D eigenvalue weighted by atomic mass is 10.1. The quantitative estimate of drug-likeness (QED) is 0.716. The lowest BCUT2D eigenvalue weighted by Gasteiger charge is -2.06. The number of hydrogen-bond donors (Lipinski definition) is 2. The highest BCUT2D eigenvalue weighted by atomic mass is 79.9. The number of nitrogens with two attached hydrogens (primary N) is 1. The van der Waals surface area contributed by atoms with Crippen LogP contribution < -0.4 is 5.73 Å². The summed E-state index contributed by atoms with van der Waals surface area (Å²) in [6.07, 6.45) is 1.67. The maximum absolute atomic E-state index is 9.57. The van der Waals surface area contributed by atoms with E-state index in [1.807, 2.05) is 12.1 Å². The summed E-state index contributed by atoms with van der Waals surface area (Å²) in [7, 11) is 0. The number of rotatable bonds is 1. The largest absolute Gasteiger partial charge is 0.508 e. The summed E-state index contributed by atoms with van der Waals surface area (Å²) in [5.41, 5.74) is 5.54. The number of pyridine rings is 1. The molecule has 0 saturated heterocycles. The molecule has 0 unspecified atom stereocenters. The molecule has 90 valence electrons. The van der Waals surface area contributed by atoms with Crippen LogP contribution in [0.4, 0.5) is 5.95 Å². The van der Waals surface area contributed by atoms with Gasteiger partial charge in [-0.3, -0.25) is 0 Å². The number of nitrogens with zero attached hydrogens (tertiary/aromatic N) is 4. The molecule has 0 atom stereocenters. The van der Waals surface area contributed by atoms with E-state index in [2.05, 4.69) is 31.0 Å². The van der Waals surface area contributed by atoms with Gasteiger partial charge < -0.3 is 10.8 Å². The van der Waals surface area contributed by atoms with Crippen LogP contribution in [0.2, 0.25) is 0 Å². The molecule has 0 radical (unpaired) electrons. The summed E-state index contributed by atoms with van der Waals surface area (Å²) < 4.78 is 1.94. The molecule has 2 aromatic heterocycles. The molecule has 3 N–H and O–H groups in total. The maximum Gasteiger partial charge on any atom is 0.240 e. The first-order valence-electron chi connectivity index (χ1n) is 5.11. The van der Waals surface area contributed by atoms with Gasteiger partial charge in [-0.25, -0.2) is 4.98 Å². The minimum atomic E-state index is 0.154. The normalized spacial score (nSPS) is 10.9. The van der Waals surface area contributed by atoms with Gasteiger partial charge in [-0.1, -0.05) is 6.07 Å². The van der Waals surface area contributed by atoms with Crippen LogP contribution in [-0.4, -0.2) is 24.9 Å². The molecular weight excluding hydrogens is 298 g/mol. The third-order valence-electron chi connectivity index (χ3n) is 2.51. The fourth-order valence-corrected chi connectivity index (χ4v) is 2.18. The number of benzene rings is 1. The van der Waals surface area contributed by atoms with Crippen LogP contribution in [0, 0.1) is 0 Å². The second kappa shape index (κ2) is 3.95. The first-order chi connectivity index (χ1) is 8.65. The Kier molecular flexibility index (Phi) is 2.41. The summed E-state index contributed by atoms with van der Waals surface area (Å²) in [5.74, 6) is 0.876. The molecule has 0 aliphatic carbocycles. The summed E-state index contributed by atoms with van der Waals surface area (Å²) in [5, 5.41) is 15.3. The van der Waals surface area contributed by atoms with Gasteiger partial charge in [0, 0.05) is 11.6 Å². The van der Waals surface area contributed by atoms with E-state index in [9.17, 15) is 5.11 Å². The number of aromatic nitrogens is 4. The van der Waals surface area contributed by atoms with E-state index in [0.29, 0.717) is 10.6 Å². The average molecular weight is 306 g/mol. The van der Waals surface area contributed by atoms with E-state index in [0.717, 1.165) is 10.8 Å². The molecule has 7 heteroatoms. The fourth-order valence-electron chi connectivity index (χ4n) is 1.75. The summed E-state index contributed by atoms with van der Waals surface area (Å²) >= 11 is 3.26. The Morgan fingerprint density at radius 3 is 2.83 bits per heavy atom. The molecule has 3 aromatic rings. The molecule has 6 nitrogen and oxygen atoms in total. The smallest absolute Gasteiger partial charge is 0.240 e. The highest BCUT2D eigenvalue weighted by Gasteiger charge is 2.11. The van der Waals surface area contributed by atoms with Crippen molar-refractivity contribution in [3.8, 4) is 11.6 Å². The number of anilines is 1. The van der Waals surface area contributed by atoms with Gasteiger partial charge in [-0.15, -0.1) is 5.10 Å². The van der Waals surface area contributed by atoms with E-state index < -0.39 is 0 Å². The molecule has 0 bridgehead atoms. The Morgan fingerprint density at radius 2 is 2.11 bits per heavy atom. The van der Waals surface area contributed by atoms with E-state index in [-0.39, 0.29) is 11.7 Å². The summed E-state index contributed by atoms with van der Waals surface area (Å²) in [6, 6.07) is 6.91. The lowest BCUT2D eigenvalue weighted by molar-refractivity contribution is 0.476. The van der Waals surface area contributed by atoms with Crippen molar-refractivity contribution >= 4 is 32.7 Å². The zero-order valence-corrected chi connectivity index (χ0v) is 10.7. The van der Waals surface area contributed by atoms with Crippen molar-refractivity contribution in [2.45, 2.75) is 0 Å². The van der Waals surface area contributed by atoms with Crippen LogP contribution in [-0.2, 0) is 0 Å². The maximum atomic E-state index is 9.57. The van der Waals surface area contributed by atoms with Crippen LogP contribution in [0.25, 0.3) is 16.6 Å². The lowest BCUT2D eigenvalue weighted by Crippen LogP contribution is -2.01. The van der Waals surface area contributed by atoms with Gasteiger partial charge in [0.25, 0.3) is 0 Å². The van der Waals surface area contributed by atoms with Gasteiger partial charge in [-0.2, -0.15) is 9.67 Å². The van der Waals surface area contributed by atoms with Crippen molar-refractivity contribution in [2.24, 2.45) is 0 Å². The van der Waals surface area contributed by atoms with Crippen molar-refractivity contribution in [3.63, 3.8) is 0 Å². The molecule has 0 amide bonds. The van der Waals surface area contributed by atoms with E-state index >= 15 is 0 Å². The van der Waals surface area contributed by atoms with Gasteiger partial charge in [0.2, 0.25) is 10.7 Å². The predicted molar refractivity (Wildman–Crippen MR) is 70.4 cm³/mol. The second-order valence-electron chi connectivity index (χ2n) is 3.69. The molecule has 0 saturated carbocycles. The van der Waals surface area contributed by atoms with E-state index in [1.165, 1.54) is 4.68 Å². The van der Waals surface area contributed by atoms with E-state index in [1.54, 1.807) is 18.3 Å². The Labute approximate surface area is 110 Å². The Balaban J connectivity index is 2.35. The molecule has 18 heavy (non-hydrogen) atoms. The molecule has 3 rings (SSSR count). The minimum absolute atomic E-state index is 0.154. The molecule has 0 aliphatic rings. The Bertz CT molecular complexity index is 739. The van der Waals surface area contributed by atoms with Crippen LogP contribution >= 0.6 is 15.9 Å². The van der Waals surface area contributed by atoms with Crippen molar-refractivity contribution in [1.82, 2.24) is 19.7 Å². The number of phenols is 1. The van der Waals surface area contributed by atoms with Crippen molar-refractivity contribution in [2.75, 3.05) is 5.73 Å². The number of aromatic hydroxyl groups is 1. The van der Waals surface area contributed by atoms with Crippen LogP contribution in [0.1, 0.15) is 0 Å². The molecular formula is C11H8BrN5O. The van der Waals surface area contributed by atoms with Gasteiger partial charge in [0.15, 0.2) is 5.82 Å². The molecule has 1 aromatic carbocycles. The van der Waals surface area contributed by atoms with Gasteiger partial charge in [0.05, 0.1) is 0 Å².